The summed E-state index contributed by atoms with van der Waals surface area (Å²) >= 11 is 2.90. The SMILES string of the molecule is Fc1cc(CBr)nc(F)c1C(F)F. The lowest BCUT2D eigenvalue weighted by molar-refractivity contribution is 0.139. The van der Waals surface area contributed by atoms with Crippen molar-refractivity contribution in [1.29, 1.82) is 0 Å². The molecule has 13 heavy (non-hydrogen) atoms. The van der Waals surface area contributed by atoms with Gasteiger partial charge in [0.05, 0.1) is 5.69 Å². The molecule has 0 atom stereocenters. The van der Waals surface area contributed by atoms with Gasteiger partial charge in [0, 0.05) is 5.33 Å². The molecule has 0 aromatic carbocycles. The van der Waals surface area contributed by atoms with Crippen molar-refractivity contribution in [2.24, 2.45) is 0 Å². The molecule has 1 rings (SSSR count). The topological polar surface area (TPSA) is 12.9 Å². The monoisotopic (exact) mass is 257 g/mol. The maximum atomic E-state index is 12.8. The van der Waals surface area contributed by atoms with E-state index in [4.69, 9.17) is 0 Å². The summed E-state index contributed by atoms with van der Waals surface area (Å²) in [5, 5.41) is 0.115. The van der Waals surface area contributed by atoms with Gasteiger partial charge in [0.1, 0.15) is 11.4 Å². The first kappa shape index (κ1) is 10.4. The number of halogens is 5. The van der Waals surface area contributed by atoms with Crippen LogP contribution in [0.15, 0.2) is 6.07 Å². The van der Waals surface area contributed by atoms with E-state index in [0.717, 1.165) is 6.07 Å². The molecule has 0 aliphatic heterocycles. The van der Waals surface area contributed by atoms with Gasteiger partial charge in [-0.05, 0) is 6.07 Å². The quantitative estimate of drug-likeness (QED) is 0.451. The Hall–Kier alpha value is -0.650. The lowest BCUT2D eigenvalue weighted by atomic mass is 10.2. The van der Waals surface area contributed by atoms with Crippen LogP contribution in [0.4, 0.5) is 17.6 Å². The van der Waals surface area contributed by atoms with Crippen LogP contribution in [0, 0.1) is 11.8 Å². The van der Waals surface area contributed by atoms with Crippen LogP contribution in [0.1, 0.15) is 17.7 Å². The molecule has 0 saturated heterocycles. The van der Waals surface area contributed by atoms with Crippen LogP contribution in [0.2, 0.25) is 0 Å². The number of hydrogen-bond donors (Lipinski definition) is 0. The summed E-state index contributed by atoms with van der Waals surface area (Å²) in [6.45, 7) is 0. The van der Waals surface area contributed by atoms with Gasteiger partial charge in [0.25, 0.3) is 6.43 Å². The minimum absolute atomic E-state index is 0.0411. The number of rotatable bonds is 2. The van der Waals surface area contributed by atoms with E-state index in [9.17, 15) is 17.6 Å². The molecule has 1 nitrogen and oxygen atoms in total. The van der Waals surface area contributed by atoms with E-state index in [1.807, 2.05) is 0 Å². The Balaban J connectivity index is 3.23. The summed E-state index contributed by atoms with van der Waals surface area (Å²) in [4.78, 5) is 3.14. The van der Waals surface area contributed by atoms with Crippen LogP contribution in [-0.4, -0.2) is 4.98 Å². The second kappa shape index (κ2) is 4.04. The molecule has 0 N–H and O–H groups in total. The number of nitrogens with zero attached hydrogens (tertiary/aromatic N) is 1. The molecule has 0 bridgehead atoms. The van der Waals surface area contributed by atoms with Crippen LogP contribution in [-0.2, 0) is 5.33 Å². The van der Waals surface area contributed by atoms with Crippen LogP contribution in [0.25, 0.3) is 0 Å². The van der Waals surface area contributed by atoms with Crippen LogP contribution < -0.4 is 0 Å². The normalized spacial score (nSPS) is 10.9. The van der Waals surface area contributed by atoms with Crippen molar-refractivity contribution < 1.29 is 17.6 Å². The molecule has 1 heterocycles. The Morgan fingerprint density at radius 3 is 2.38 bits per heavy atom. The number of hydrogen-bond acceptors (Lipinski definition) is 1. The van der Waals surface area contributed by atoms with Crippen LogP contribution in [0.3, 0.4) is 0 Å². The lowest BCUT2D eigenvalue weighted by Crippen LogP contribution is -2.02. The first-order valence-electron chi connectivity index (χ1n) is 3.25. The second-order valence-electron chi connectivity index (χ2n) is 2.23. The van der Waals surface area contributed by atoms with E-state index in [0.29, 0.717) is 0 Å². The average molecular weight is 258 g/mol. The van der Waals surface area contributed by atoms with Gasteiger partial charge >= 0.3 is 0 Å². The summed E-state index contributed by atoms with van der Waals surface area (Å²) in [6.07, 6.45) is -3.18. The Bertz CT molecular complexity index is 292. The number of alkyl halides is 3. The first-order valence-corrected chi connectivity index (χ1v) is 4.37. The van der Waals surface area contributed by atoms with Gasteiger partial charge in [0.15, 0.2) is 0 Å². The fourth-order valence-electron chi connectivity index (χ4n) is 0.804. The van der Waals surface area contributed by atoms with E-state index in [-0.39, 0.29) is 11.0 Å². The van der Waals surface area contributed by atoms with Gasteiger partial charge in [-0.15, -0.1) is 0 Å². The molecule has 72 valence electrons. The second-order valence-corrected chi connectivity index (χ2v) is 2.79. The Labute approximate surface area is 79.9 Å². The Morgan fingerprint density at radius 2 is 2.00 bits per heavy atom. The fourth-order valence-corrected chi connectivity index (χ4v) is 1.09. The smallest absolute Gasteiger partial charge is 0.223 e. The molecule has 1 aromatic heterocycles. The van der Waals surface area contributed by atoms with Crippen molar-refractivity contribution in [3.8, 4) is 0 Å². The molecule has 0 unspecified atom stereocenters. The highest BCUT2D eigenvalue weighted by Crippen LogP contribution is 2.24. The largest absolute Gasteiger partial charge is 0.271 e. The zero-order valence-corrected chi connectivity index (χ0v) is 7.78. The van der Waals surface area contributed by atoms with E-state index in [1.165, 1.54) is 0 Å². The minimum Gasteiger partial charge on any atom is -0.223 e. The zero-order valence-electron chi connectivity index (χ0n) is 6.20. The molecule has 0 aliphatic rings. The highest BCUT2D eigenvalue weighted by Gasteiger charge is 2.20. The highest BCUT2D eigenvalue weighted by atomic mass is 79.9. The van der Waals surface area contributed by atoms with E-state index in [2.05, 4.69) is 20.9 Å². The van der Waals surface area contributed by atoms with Gasteiger partial charge < -0.3 is 0 Å². The summed E-state index contributed by atoms with van der Waals surface area (Å²) in [5.74, 6) is -2.72. The van der Waals surface area contributed by atoms with Crippen LogP contribution >= 0.6 is 15.9 Å². The fraction of sp³-hybridized carbons (Fsp3) is 0.286. The van der Waals surface area contributed by atoms with Crippen molar-refractivity contribution in [3.05, 3.63) is 29.1 Å². The summed E-state index contributed by atoms with van der Waals surface area (Å²) in [6, 6.07) is 0.777. The highest BCUT2D eigenvalue weighted by molar-refractivity contribution is 9.08. The third kappa shape index (κ3) is 2.18. The van der Waals surface area contributed by atoms with Crippen molar-refractivity contribution in [2.45, 2.75) is 11.8 Å². The predicted molar refractivity (Wildman–Crippen MR) is 41.7 cm³/mol. The molecule has 0 saturated carbocycles. The van der Waals surface area contributed by atoms with Crippen molar-refractivity contribution >= 4 is 15.9 Å². The zero-order chi connectivity index (χ0) is 10.0. The lowest BCUT2D eigenvalue weighted by Gasteiger charge is -2.03. The van der Waals surface area contributed by atoms with Gasteiger partial charge in [-0.2, -0.15) is 4.39 Å². The molecule has 0 amide bonds. The number of pyridine rings is 1. The molecule has 0 spiro atoms. The molecular weight excluding hydrogens is 254 g/mol. The Kier molecular flexibility index (Phi) is 3.24. The molecule has 1 aromatic rings. The third-order valence-electron chi connectivity index (χ3n) is 1.37. The summed E-state index contributed by atoms with van der Waals surface area (Å²) in [7, 11) is 0. The predicted octanol–water partition coefficient (Wildman–Crippen LogP) is 3.19. The van der Waals surface area contributed by atoms with E-state index >= 15 is 0 Å². The van der Waals surface area contributed by atoms with Gasteiger partial charge in [-0.25, -0.2) is 18.2 Å². The molecular formula is C7H4BrF4N. The van der Waals surface area contributed by atoms with Crippen molar-refractivity contribution in [1.82, 2.24) is 4.98 Å². The summed E-state index contributed by atoms with van der Waals surface area (Å²) in [5.41, 5.74) is -1.23. The maximum absolute atomic E-state index is 12.8. The molecule has 0 aliphatic carbocycles. The first-order chi connectivity index (χ1) is 6.06. The van der Waals surface area contributed by atoms with Crippen molar-refractivity contribution in [3.63, 3.8) is 0 Å². The number of aromatic nitrogens is 1. The standard InChI is InChI=1S/C7H4BrF4N/c8-2-3-1-4(9)5(6(10)11)7(12)13-3/h1,6H,2H2. The van der Waals surface area contributed by atoms with Gasteiger partial charge in [0.2, 0.25) is 5.95 Å². The molecule has 6 heteroatoms. The molecule has 0 radical (unpaired) electrons. The van der Waals surface area contributed by atoms with E-state index < -0.39 is 23.8 Å². The van der Waals surface area contributed by atoms with Gasteiger partial charge in [-0.1, -0.05) is 15.9 Å². The van der Waals surface area contributed by atoms with E-state index in [1.54, 1.807) is 0 Å². The van der Waals surface area contributed by atoms with Gasteiger partial charge in [-0.3, -0.25) is 0 Å². The van der Waals surface area contributed by atoms with Crippen molar-refractivity contribution in [2.75, 3.05) is 0 Å². The third-order valence-corrected chi connectivity index (χ3v) is 1.94. The van der Waals surface area contributed by atoms with Crippen LogP contribution in [0.5, 0.6) is 0 Å². The Morgan fingerprint density at radius 1 is 1.38 bits per heavy atom. The average Bonchev–Trinajstić information content (AvgIpc) is 2.02. The minimum atomic E-state index is -3.18. The summed E-state index contributed by atoms with van der Waals surface area (Å²) < 4.78 is 49.4. The maximum Gasteiger partial charge on any atom is 0.271 e. The molecule has 0 fully saturated rings.